The van der Waals surface area contributed by atoms with Gasteiger partial charge in [0, 0.05) is 5.02 Å². The highest BCUT2D eigenvalue weighted by Gasteiger charge is 1.99. The second kappa shape index (κ2) is 4.23. The van der Waals surface area contributed by atoms with E-state index in [0.29, 0.717) is 0 Å². The molecule has 0 spiro atoms. The van der Waals surface area contributed by atoms with Crippen molar-refractivity contribution in [3.8, 4) is 11.1 Å². The lowest BCUT2D eigenvalue weighted by atomic mass is 10.0. The largest absolute Gasteiger partial charge is 0.0843 e. The minimum Gasteiger partial charge on any atom is -0.0843 e. The summed E-state index contributed by atoms with van der Waals surface area (Å²) in [6.45, 7) is 0. The van der Waals surface area contributed by atoms with Crippen LogP contribution in [-0.4, -0.2) is 0 Å². The molecule has 0 nitrogen and oxygen atoms in total. The molecule has 3 aromatic rings. The number of benzene rings is 3. The molecule has 3 aromatic carbocycles. The van der Waals surface area contributed by atoms with Gasteiger partial charge in [-0.1, -0.05) is 60.1 Å². The van der Waals surface area contributed by atoms with E-state index in [9.17, 15) is 0 Å². The Morgan fingerprint density at radius 3 is 2.12 bits per heavy atom. The van der Waals surface area contributed by atoms with E-state index in [1.807, 2.05) is 18.2 Å². The molecule has 0 bridgehead atoms. The van der Waals surface area contributed by atoms with Crippen LogP contribution in [0.15, 0.2) is 66.7 Å². The molecule has 0 fully saturated rings. The molecule has 0 saturated heterocycles. The lowest BCUT2D eigenvalue weighted by molar-refractivity contribution is 1.64. The van der Waals surface area contributed by atoms with Crippen molar-refractivity contribution in [2.45, 2.75) is 0 Å². The van der Waals surface area contributed by atoms with Gasteiger partial charge >= 0.3 is 0 Å². The molecule has 0 atom stereocenters. The van der Waals surface area contributed by atoms with Crippen LogP contribution >= 0.6 is 11.6 Å². The standard InChI is InChI=1S/C16H11Cl/c17-16-9-8-14-10-13(6-7-15(14)11-16)12-4-2-1-3-5-12/h1-11H. The summed E-state index contributed by atoms with van der Waals surface area (Å²) in [7, 11) is 0. The fourth-order valence-corrected chi connectivity index (χ4v) is 2.21. The van der Waals surface area contributed by atoms with Crippen molar-refractivity contribution in [2.75, 3.05) is 0 Å². The van der Waals surface area contributed by atoms with Crippen molar-refractivity contribution < 1.29 is 0 Å². The van der Waals surface area contributed by atoms with Crippen LogP contribution in [0, 0.1) is 0 Å². The molecule has 0 unspecified atom stereocenters. The van der Waals surface area contributed by atoms with E-state index in [1.54, 1.807) is 0 Å². The molecule has 0 aliphatic heterocycles. The number of rotatable bonds is 1. The Morgan fingerprint density at radius 2 is 1.29 bits per heavy atom. The van der Waals surface area contributed by atoms with Crippen molar-refractivity contribution in [3.05, 3.63) is 71.8 Å². The zero-order chi connectivity index (χ0) is 11.7. The van der Waals surface area contributed by atoms with Crippen LogP contribution in [0.3, 0.4) is 0 Å². The molecule has 0 aliphatic rings. The minimum absolute atomic E-state index is 0.782. The van der Waals surface area contributed by atoms with Crippen LogP contribution in [0.1, 0.15) is 0 Å². The quantitative estimate of drug-likeness (QED) is 0.549. The number of fused-ring (bicyclic) bond motifs is 1. The number of halogens is 1. The monoisotopic (exact) mass is 238 g/mol. The molecule has 3 rings (SSSR count). The second-order valence-electron chi connectivity index (χ2n) is 4.07. The van der Waals surface area contributed by atoms with Crippen LogP contribution in [0.5, 0.6) is 0 Å². The normalized spacial score (nSPS) is 10.6. The van der Waals surface area contributed by atoms with Gasteiger partial charge in [0.05, 0.1) is 0 Å². The molecular formula is C16H11Cl. The third-order valence-electron chi connectivity index (χ3n) is 2.91. The summed E-state index contributed by atoms with van der Waals surface area (Å²) in [6.07, 6.45) is 0. The van der Waals surface area contributed by atoms with Crippen LogP contribution in [0.4, 0.5) is 0 Å². The topological polar surface area (TPSA) is 0 Å². The highest BCUT2D eigenvalue weighted by atomic mass is 35.5. The van der Waals surface area contributed by atoms with Crippen LogP contribution in [0.25, 0.3) is 21.9 Å². The van der Waals surface area contributed by atoms with E-state index in [0.717, 1.165) is 5.02 Å². The summed E-state index contributed by atoms with van der Waals surface area (Å²) in [5.74, 6) is 0. The van der Waals surface area contributed by atoms with Crippen molar-refractivity contribution in [3.63, 3.8) is 0 Å². The molecule has 0 radical (unpaired) electrons. The van der Waals surface area contributed by atoms with Crippen LogP contribution < -0.4 is 0 Å². The SMILES string of the molecule is Clc1ccc2cc(-c3ccccc3)ccc2c1. The van der Waals surface area contributed by atoms with E-state index in [2.05, 4.69) is 48.5 Å². The molecule has 17 heavy (non-hydrogen) atoms. The maximum absolute atomic E-state index is 5.98. The van der Waals surface area contributed by atoms with Gasteiger partial charge in [0.15, 0.2) is 0 Å². The second-order valence-corrected chi connectivity index (χ2v) is 4.51. The third kappa shape index (κ3) is 2.04. The number of hydrogen-bond donors (Lipinski definition) is 0. The minimum atomic E-state index is 0.782. The molecule has 82 valence electrons. The first kappa shape index (κ1) is 10.4. The van der Waals surface area contributed by atoms with E-state index in [1.165, 1.54) is 21.9 Å². The molecule has 0 amide bonds. The van der Waals surface area contributed by atoms with Gasteiger partial charge in [-0.05, 0) is 40.1 Å². The molecular weight excluding hydrogens is 228 g/mol. The smallest absolute Gasteiger partial charge is 0.0412 e. The summed E-state index contributed by atoms with van der Waals surface area (Å²) < 4.78 is 0. The number of hydrogen-bond acceptors (Lipinski definition) is 0. The molecule has 0 heterocycles. The van der Waals surface area contributed by atoms with Gasteiger partial charge in [0.25, 0.3) is 0 Å². The van der Waals surface area contributed by atoms with Gasteiger partial charge in [0.1, 0.15) is 0 Å². The molecule has 1 heteroatoms. The summed E-state index contributed by atoms with van der Waals surface area (Å²) >= 11 is 5.98. The predicted octanol–water partition coefficient (Wildman–Crippen LogP) is 5.16. The zero-order valence-electron chi connectivity index (χ0n) is 9.23. The van der Waals surface area contributed by atoms with E-state index in [-0.39, 0.29) is 0 Å². The van der Waals surface area contributed by atoms with Gasteiger partial charge in [-0.2, -0.15) is 0 Å². The molecule has 0 N–H and O–H groups in total. The first-order chi connectivity index (χ1) is 8.33. The predicted molar refractivity (Wildman–Crippen MR) is 74.4 cm³/mol. The third-order valence-corrected chi connectivity index (χ3v) is 3.14. The summed E-state index contributed by atoms with van der Waals surface area (Å²) in [5, 5.41) is 3.18. The Morgan fingerprint density at radius 1 is 0.588 bits per heavy atom. The Balaban J connectivity index is 2.17. The summed E-state index contributed by atoms with van der Waals surface area (Å²) in [6, 6.07) is 22.8. The van der Waals surface area contributed by atoms with Gasteiger partial charge in [-0.3, -0.25) is 0 Å². The van der Waals surface area contributed by atoms with E-state index >= 15 is 0 Å². The Bertz CT molecular complexity index is 657. The maximum Gasteiger partial charge on any atom is 0.0412 e. The van der Waals surface area contributed by atoms with E-state index < -0.39 is 0 Å². The average molecular weight is 239 g/mol. The van der Waals surface area contributed by atoms with Gasteiger partial charge < -0.3 is 0 Å². The van der Waals surface area contributed by atoms with Crippen molar-refractivity contribution >= 4 is 22.4 Å². The zero-order valence-corrected chi connectivity index (χ0v) is 9.98. The average Bonchev–Trinajstić information content (AvgIpc) is 2.39. The van der Waals surface area contributed by atoms with Crippen molar-refractivity contribution in [2.24, 2.45) is 0 Å². The lowest BCUT2D eigenvalue weighted by Crippen LogP contribution is -1.78. The lowest BCUT2D eigenvalue weighted by Gasteiger charge is -2.04. The molecule has 0 saturated carbocycles. The molecule has 0 aliphatic carbocycles. The Labute approximate surface area is 105 Å². The van der Waals surface area contributed by atoms with Gasteiger partial charge in [-0.15, -0.1) is 0 Å². The fourth-order valence-electron chi connectivity index (χ4n) is 2.03. The van der Waals surface area contributed by atoms with Crippen LogP contribution in [0.2, 0.25) is 5.02 Å². The highest BCUT2D eigenvalue weighted by molar-refractivity contribution is 6.31. The van der Waals surface area contributed by atoms with Gasteiger partial charge in [-0.25, -0.2) is 0 Å². The first-order valence-corrected chi connectivity index (χ1v) is 5.95. The highest BCUT2D eigenvalue weighted by Crippen LogP contribution is 2.26. The van der Waals surface area contributed by atoms with Crippen molar-refractivity contribution in [1.29, 1.82) is 0 Å². The molecule has 0 aromatic heterocycles. The first-order valence-electron chi connectivity index (χ1n) is 5.58. The Hall–Kier alpha value is -1.79. The summed E-state index contributed by atoms with van der Waals surface area (Å²) in [5.41, 5.74) is 2.48. The fraction of sp³-hybridized carbons (Fsp3) is 0. The summed E-state index contributed by atoms with van der Waals surface area (Å²) in [4.78, 5) is 0. The van der Waals surface area contributed by atoms with Crippen molar-refractivity contribution in [1.82, 2.24) is 0 Å². The maximum atomic E-state index is 5.98. The van der Waals surface area contributed by atoms with Gasteiger partial charge in [0.2, 0.25) is 0 Å². The Kier molecular flexibility index (Phi) is 2.58. The van der Waals surface area contributed by atoms with Crippen LogP contribution in [-0.2, 0) is 0 Å². The van der Waals surface area contributed by atoms with E-state index in [4.69, 9.17) is 11.6 Å².